The molecule has 1 aliphatic carbocycles. The molecule has 0 aromatic heterocycles. The van der Waals surface area contributed by atoms with Crippen molar-refractivity contribution in [2.24, 2.45) is 0 Å². The third-order valence-electron chi connectivity index (χ3n) is 3.75. The Kier molecular flexibility index (Phi) is 5.38. The first-order chi connectivity index (χ1) is 10.1. The lowest BCUT2D eigenvalue weighted by molar-refractivity contribution is -0.159. The molecule has 4 nitrogen and oxygen atoms in total. The molecule has 128 valence electrons. The van der Waals surface area contributed by atoms with Crippen LogP contribution in [0.15, 0.2) is 12.2 Å². The predicted molar refractivity (Wildman–Crippen MR) is 86.9 cm³/mol. The highest BCUT2D eigenvalue weighted by Crippen LogP contribution is 2.37. The van der Waals surface area contributed by atoms with E-state index in [0.717, 1.165) is 19.3 Å². The first-order valence-corrected chi connectivity index (χ1v) is 8.40. The second kappa shape index (κ2) is 6.60. The zero-order valence-electron chi connectivity index (χ0n) is 15.0. The van der Waals surface area contributed by atoms with Gasteiger partial charge in [0.1, 0.15) is 12.2 Å². The molecule has 22 heavy (non-hydrogen) atoms. The maximum Gasteiger partial charge on any atom is 0.188 e. The van der Waals surface area contributed by atoms with Crippen molar-refractivity contribution < 1.29 is 18.9 Å². The summed E-state index contributed by atoms with van der Waals surface area (Å²) >= 11 is 0. The van der Waals surface area contributed by atoms with Crippen molar-refractivity contribution in [2.45, 2.75) is 90.0 Å². The number of hydrogen-bond acceptors (Lipinski definition) is 4. The molecule has 0 unspecified atom stereocenters. The van der Waals surface area contributed by atoms with Crippen LogP contribution in [0.5, 0.6) is 0 Å². The molecule has 1 saturated heterocycles. The monoisotopic (exact) mass is 312 g/mol. The standard InChI is InChI=1S/C18H32O4/c1-16(2,3)19-12-14-15(13-20-17(4,5)6)22-18(21-14)10-8-7-9-11-18/h8,10,14-15H,7,9,11-13H2,1-6H3/t14-,15-/m0/s1. The van der Waals surface area contributed by atoms with Crippen molar-refractivity contribution in [1.29, 1.82) is 0 Å². The molecule has 0 amide bonds. The molecular formula is C18H32O4. The molecular weight excluding hydrogens is 280 g/mol. The van der Waals surface area contributed by atoms with Crippen LogP contribution in [0.3, 0.4) is 0 Å². The fourth-order valence-electron chi connectivity index (χ4n) is 2.65. The SMILES string of the molecule is CC(C)(C)OC[C@@H]1OC2(C=CCCC2)O[C@H]1COC(C)(C)C. The number of ether oxygens (including phenoxy) is 4. The largest absolute Gasteiger partial charge is 0.373 e. The maximum atomic E-state index is 6.25. The molecule has 1 fully saturated rings. The van der Waals surface area contributed by atoms with Gasteiger partial charge in [0.25, 0.3) is 0 Å². The highest BCUT2D eigenvalue weighted by atomic mass is 16.8. The zero-order valence-corrected chi connectivity index (χ0v) is 15.0. The normalized spacial score (nSPS) is 28.5. The van der Waals surface area contributed by atoms with Crippen LogP contribution >= 0.6 is 0 Å². The van der Waals surface area contributed by atoms with Gasteiger partial charge in [-0.2, -0.15) is 0 Å². The Morgan fingerprint density at radius 1 is 0.955 bits per heavy atom. The summed E-state index contributed by atoms with van der Waals surface area (Å²) < 4.78 is 24.3. The molecule has 0 bridgehead atoms. The first kappa shape index (κ1) is 17.9. The van der Waals surface area contributed by atoms with E-state index in [2.05, 4.69) is 53.7 Å². The predicted octanol–water partition coefficient (Wildman–Crippen LogP) is 3.84. The average molecular weight is 312 g/mol. The van der Waals surface area contributed by atoms with Crippen LogP contribution in [0.25, 0.3) is 0 Å². The van der Waals surface area contributed by atoms with E-state index >= 15 is 0 Å². The van der Waals surface area contributed by atoms with Crippen LogP contribution in [0, 0.1) is 0 Å². The molecule has 0 aromatic rings. The van der Waals surface area contributed by atoms with E-state index in [1.807, 2.05) is 0 Å². The van der Waals surface area contributed by atoms with Gasteiger partial charge in [0, 0.05) is 6.42 Å². The first-order valence-electron chi connectivity index (χ1n) is 8.40. The lowest BCUT2D eigenvalue weighted by atomic mass is 10.0. The van der Waals surface area contributed by atoms with Gasteiger partial charge < -0.3 is 18.9 Å². The molecule has 0 saturated carbocycles. The summed E-state index contributed by atoms with van der Waals surface area (Å²) in [6.07, 6.45) is 7.13. The Bertz CT molecular complexity index is 363. The molecule has 0 radical (unpaired) electrons. The summed E-state index contributed by atoms with van der Waals surface area (Å²) in [6, 6.07) is 0. The van der Waals surface area contributed by atoms with Crippen molar-refractivity contribution in [3.8, 4) is 0 Å². The van der Waals surface area contributed by atoms with Gasteiger partial charge in [0.15, 0.2) is 5.79 Å². The highest BCUT2D eigenvalue weighted by molar-refractivity contribution is 5.05. The van der Waals surface area contributed by atoms with Crippen molar-refractivity contribution in [3.63, 3.8) is 0 Å². The van der Waals surface area contributed by atoms with Crippen LogP contribution in [-0.4, -0.2) is 42.4 Å². The number of hydrogen-bond donors (Lipinski definition) is 0. The van der Waals surface area contributed by atoms with Crippen molar-refractivity contribution >= 4 is 0 Å². The van der Waals surface area contributed by atoms with Crippen molar-refractivity contribution in [2.75, 3.05) is 13.2 Å². The third-order valence-corrected chi connectivity index (χ3v) is 3.75. The van der Waals surface area contributed by atoms with E-state index in [0.29, 0.717) is 13.2 Å². The molecule has 0 N–H and O–H groups in total. The Balaban J connectivity index is 2.01. The molecule has 4 heteroatoms. The van der Waals surface area contributed by atoms with Gasteiger partial charge >= 0.3 is 0 Å². The van der Waals surface area contributed by atoms with Gasteiger partial charge in [-0.1, -0.05) is 6.08 Å². The van der Waals surface area contributed by atoms with E-state index in [1.54, 1.807) is 0 Å². The summed E-state index contributed by atoms with van der Waals surface area (Å²) in [5.74, 6) is -0.573. The molecule has 1 spiro atoms. The summed E-state index contributed by atoms with van der Waals surface area (Å²) in [4.78, 5) is 0. The smallest absolute Gasteiger partial charge is 0.188 e. The van der Waals surface area contributed by atoms with Crippen molar-refractivity contribution in [3.05, 3.63) is 12.2 Å². The van der Waals surface area contributed by atoms with E-state index in [1.165, 1.54) is 0 Å². The van der Waals surface area contributed by atoms with Gasteiger partial charge in [-0.15, -0.1) is 0 Å². The summed E-state index contributed by atoms with van der Waals surface area (Å²) in [7, 11) is 0. The fourth-order valence-corrected chi connectivity index (χ4v) is 2.65. The Morgan fingerprint density at radius 3 is 1.82 bits per heavy atom. The summed E-state index contributed by atoms with van der Waals surface area (Å²) in [6.45, 7) is 13.4. The molecule has 2 atom stereocenters. The molecule has 0 aromatic carbocycles. The maximum absolute atomic E-state index is 6.25. The second-order valence-corrected chi connectivity index (χ2v) is 8.27. The fraction of sp³-hybridized carbons (Fsp3) is 0.889. The molecule has 1 heterocycles. The van der Waals surface area contributed by atoms with Gasteiger partial charge in [-0.05, 0) is 60.5 Å². The number of rotatable bonds is 4. The van der Waals surface area contributed by atoms with E-state index in [-0.39, 0.29) is 23.4 Å². The Morgan fingerprint density at radius 2 is 1.45 bits per heavy atom. The molecule has 2 rings (SSSR count). The molecule has 2 aliphatic rings. The van der Waals surface area contributed by atoms with Crippen LogP contribution in [0.4, 0.5) is 0 Å². The lowest BCUT2D eigenvalue weighted by Gasteiger charge is -2.28. The minimum atomic E-state index is -0.573. The lowest BCUT2D eigenvalue weighted by Crippen LogP contribution is -2.37. The van der Waals surface area contributed by atoms with Gasteiger partial charge in [-0.3, -0.25) is 0 Å². The van der Waals surface area contributed by atoms with Crippen LogP contribution in [0.1, 0.15) is 60.8 Å². The third kappa shape index (κ3) is 5.34. The van der Waals surface area contributed by atoms with E-state index in [4.69, 9.17) is 18.9 Å². The quantitative estimate of drug-likeness (QED) is 0.739. The van der Waals surface area contributed by atoms with E-state index in [9.17, 15) is 0 Å². The Hall–Kier alpha value is -0.420. The zero-order chi connectivity index (χ0) is 16.4. The minimum absolute atomic E-state index is 0.0932. The number of allylic oxidation sites excluding steroid dienone is 1. The van der Waals surface area contributed by atoms with Crippen LogP contribution in [-0.2, 0) is 18.9 Å². The van der Waals surface area contributed by atoms with Crippen LogP contribution in [0.2, 0.25) is 0 Å². The second-order valence-electron chi connectivity index (χ2n) is 8.27. The summed E-state index contributed by atoms with van der Waals surface area (Å²) in [5, 5.41) is 0. The van der Waals surface area contributed by atoms with Gasteiger partial charge in [0.2, 0.25) is 0 Å². The average Bonchev–Trinajstić information content (AvgIpc) is 2.71. The van der Waals surface area contributed by atoms with Gasteiger partial charge in [-0.25, -0.2) is 0 Å². The molecule has 1 aliphatic heterocycles. The highest BCUT2D eigenvalue weighted by Gasteiger charge is 2.47. The van der Waals surface area contributed by atoms with Crippen LogP contribution < -0.4 is 0 Å². The van der Waals surface area contributed by atoms with Gasteiger partial charge in [0.05, 0.1) is 24.4 Å². The minimum Gasteiger partial charge on any atom is -0.373 e. The topological polar surface area (TPSA) is 36.9 Å². The summed E-state index contributed by atoms with van der Waals surface area (Å²) in [5.41, 5.74) is -0.367. The van der Waals surface area contributed by atoms with E-state index < -0.39 is 5.79 Å². The van der Waals surface area contributed by atoms with Crippen molar-refractivity contribution in [1.82, 2.24) is 0 Å². The Labute approximate surface area is 135 Å².